The van der Waals surface area contributed by atoms with Crippen LogP contribution in [0.4, 0.5) is 0 Å². The number of carboxylic acid groups (broad SMARTS) is 1. The summed E-state index contributed by atoms with van der Waals surface area (Å²) in [4.78, 5) is 10.8. The second-order valence-electron chi connectivity index (χ2n) is 2.57. The molecule has 0 saturated carbocycles. The van der Waals surface area contributed by atoms with E-state index in [2.05, 4.69) is 0 Å². The average Bonchev–Trinajstić information content (AvgIpc) is 2.33. The first kappa shape index (κ1) is 7.49. The van der Waals surface area contributed by atoms with E-state index < -0.39 is 49.0 Å². The summed E-state index contributed by atoms with van der Waals surface area (Å²) < 4.78 is 38.6. The molecule has 0 fully saturated rings. The van der Waals surface area contributed by atoms with E-state index >= 15 is 0 Å². The van der Waals surface area contributed by atoms with Crippen LogP contribution in [0.5, 0.6) is 0 Å². The second-order valence-corrected chi connectivity index (χ2v) is 2.95. The van der Waals surface area contributed by atoms with Crippen LogP contribution < -0.4 is 5.73 Å². The maximum atomic E-state index is 10.8. The molecule has 0 spiro atoms. The van der Waals surface area contributed by atoms with Gasteiger partial charge >= 0.3 is 5.97 Å². The van der Waals surface area contributed by atoms with Crippen molar-refractivity contribution < 1.29 is 16.8 Å². The van der Waals surface area contributed by atoms with Crippen LogP contribution in [-0.2, 0) is 4.79 Å². The Morgan fingerprint density at radius 2 is 2.13 bits per heavy atom. The minimum atomic E-state index is -1.93. The molecular formula is C10H13Cl2NO2. The topological polar surface area (TPSA) is 63.3 Å². The average molecular weight is 255 g/mol. The fourth-order valence-corrected chi connectivity index (χ4v) is 1.01. The van der Waals surface area contributed by atoms with Gasteiger partial charge in [0.2, 0.25) is 0 Å². The van der Waals surface area contributed by atoms with Gasteiger partial charge in [-0.1, -0.05) is 23.7 Å². The van der Waals surface area contributed by atoms with Crippen molar-refractivity contribution in [2.45, 2.75) is 12.3 Å². The van der Waals surface area contributed by atoms with E-state index in [1.54, 1.807) is 0 Å². The lowest BCUT2D eigenvalue weighted by atomic mass is 9.96. The van der Waals surface area contributed by atoms with Crippen molar-refractivity contribution in [2.24, 2.45) is 5.73 Å². The number of carboxylic acids is 1. The molecule has 0 aliphatic heterocycles. The molecule has 1 aromatic rings. The molecule has 0 amide bonds. The molecule has 0 radical (unpaired) electrons. The zero-order valence-electron chi connectivity index (χ0n) is 12.6. The molecule has 0 bridgehead atoms. The normalized spacial score (nSPS) is 18.4. The number of carbonyl (C=O) groups is 1. The molecule has 3 N–H and O–H groups in total. The van der Waals surface area contributed by atoms with E-state index in [-0.39, 0.29) is 23.0 Å². The molecule has 84 valence electrons. The van der Waals surface area contributed by atoms with Crippen molar-refractivity contribution in [1.29, 1.82) is 0 Å². The molecule has 0 heterocycles. The molecule has 3 nitrogen and oxygen atoms in total. The molecule has 1 unspecified atom stereocenters. The summed E-state index contributed by atoms with van der Waals surface area (Å²) in [7, 11) is 0. The van der Waals surface area contributed by atoms with Gasteiger partial charge in [0, 0.05) is 12.3 Å². The van der Waals surface area contributed by atoms with Gasteiger partial charge in [-0.15, -0.1) is 12.4 Å². The minimum absolute atomic E-state index is 0. The fourth-order valence-electron chi connectivity index (χ4n) is 0.919. The third-order valence-corrected chi connectivity index (χ3v) is 1.75. The second kappa shape index (κ2) is 6.67. The highest BCUT2D eigenvalue weighted by Gasteiger charge is 2.13. The van der Waals surface area contributed by atoms with Gasteiger partial charge in [-0.3, -0.25) is 4.79 Å². The molecule has 5 heteroatoms. The number of hydrogen-bond donors (Lipinski definition) is 2. The summed E-state index contributed by atoms with van der Waals surface area (Å²) in [6, 6.07) is -2.08. The first-order valence-corrected chi connectivity index (χ1v) is 4.21. The first-order chi connectivity index (χ1) is 8.65. The van der Waals surface area contributed by atoms with Crippen molar-refractivity contribution in [1.82, 2.24) is 0 Å². The summed E-state index contributed by atoms with van der Waals surface area (Å²) >= 11 is 5.64. The predicted octanol–water partition coefficient (Wildman–Crippen LogP) is 2.28. The van der Waals surface area contributed by atoms with Crippen molar-refractivity contribution >= 4 is 30.0 Å². The van der Waals surface area contributed by atoms with Crippen LogP contribution in [0.25, 0.3) is 0 Å². The van der Waals surface area contributed by atoms with E-state index in [4.69, 9.17) is 29.3 Å². The molecule has 0 saturated heterocycles. The third kappa shape index (κ3) is 4.51. The van der Waals surface area contributed by atoms with Crippen LogP contribution in [0.15, 0.2) is 24.2 Å². The van der Waals surface area contributed by atoms with Crippen molar-refractivity contribution in [3.05, 3.63) is 34.8 Å². The van der Waals surface area contributed by atoms with Gasteiger partial charge in [-0.05, 0) is 24.2 Å². The SMILES string of the molecule is Cl.[2H]c1c([2H])c(C([2H])(CN)CC(=O)O)c([2H])c([2H])c1Cl. The van der Waals surface area contributed by atoms with E-state index in [0.717, 1.165) is 0 Å². The summed E-state index contributed by atoms with van der Waals surface area (Å²) in [5, 5.41) is 8.43. The Morgan fingerprint density at radius 3 is 2.53 bits per heavy atom. The summed E-state index contributed by atoms with van der Waals surface area (Å²) in [6.07, 6.45) is -0.720. The smallest absolute Gasteiger partial charge is 0.304 e. The number of nitrogens with two attached hydrogens (primary N) is 1. The molecule has 1 rings (SSSR count). The van der Waals surface area contributed by atoms with E-state index in [1.807, 2.05) is 0 Å². The van der Waals surface area contributed by atoms with Crippen LogP contribution in [0.3, 0.4) is 0 Å². The van der Waals surface area contributed by atoms with Gasteiger partial charge in [0.25, 0.3) is 0 Å². The molecule has 0 aromatic heterocycles. The van der Waals surface area contributed by atoms with E-state index in [9.17, 15) is 4.79 Å². The molecular weight excluding hydrogens is 237 g/mol. The zero-order chi connectivity index (χ0) is 15.0. The van der Waals surface area contributed by atoms with Crippen LogP contribution >= 0.6 is 24.0 Å². The highest BCUT2D eigenvalue weighted by molar-refractivity contribution is 6.30. The van der Waals surface area contributed by atoms with Crippen LogP contribution in [0.2, 0.25) is 5.02 Å². The predicted molar refractivity (Wildman–Crippen MR) is 62.7 cm³/mol. The minimum Gasteiger partial charge on any atom is -0.481 e. The Morgan fingerprint density at radius 1 is 1.60 bits per heavy atom. The number of aliphatic carboxylic acids is 1. The van der Waals surface area contributed by atoms with Crippen LogP contribution in [-0.4, -0.2) is 17.6 Å². The quantitative estimate of drug-likeness (QED) is 0.867. The Balaban J connectivity index is 0.00000361. The summed E-state index contributed by atoms with van der Waals surface area (Å²) in [5.74, 6) is -3.25. The number of benzene rings is 1. The first-order valence-electron chi connectivity index (χ1n) is 6.34. The Labute approximate surface area is 107 Å². The standard InChI is InChI=1S/C10H12ClNO2.ClH/c11-9-3-1-7(2-4-9)8(6-12)5-10(13)14;/h1-4,8H,5-6,12H2,(H,13,14);1H/i1D,2D,3D,4D,8D;. The van der Waals surface area contributed by atoms with Crippen molar-refractivity contribution in [3.63, 3.8) is 0 Å². The Kier molecular flexibility index (Phi) is 3.33. The van der Waals surface area contributed by atoms with Gasteiger partial charge < -0.3 is 10.8 Å². The molecule has 1 atom stereocenters. The van der Waals surface area contributed by atoms with Crippen molar-refractivity contribution in [2.75, 3.05) is 6.54 Å². The lowest BCUT2D eigenvalue weighted by Crippen LogP contribution is -2.16. The largest absolute Gasteiger partial charge is 0.481 e. The van der Waals surface area contributed by atoms with Gasteiger partial charge in [0.1, 0.15) is 0 Å². The zero-order valence-corrected chi connectivity index (χ0v) is 9.21. The van der Waals surface area contributed by atoms with Crippen LogP contribution in [0, 0.1) is 0 Å². The maximum absolute atomic E-state index is 10.8. The van der Waals surface area contributed by atoms with Gasteiger partial charge in [-0.2, -0.15) is 0 Å². The third-order valence-electron chi connectivity index (χ3n) is 1.56. The molecule has 0 aliphatic rings. The monoisotopic (exact) mass is 254 g/mol. The van der Waals surface area contributed by atoms with E-state index in [0.29, 0.717) is 0 Å². The number of rotatable bonds is 4. The number of hydrogen-bond acceptors (Lipinski definition) is 2. The van der Waals surface area contributed by atoms with Crippen LogP contribution in [0.1, 0.15) is 24.7 Å². The molecule has 15 heavy (non-hydrogen) atoms. The number of halogens is 2. The lowest BCUT2D eigenvalue weighted by Gasteiger charge is -2.12. The summed E-state index contributed by atoms with van der Waals surface area (Å²) in [6.45, 7) is -0.447. The summed E-state index contributed by atoms with van der Waals surface area (Å²) in [5.41, 5.74) is 5.04. The fraction of sp³-hybridized carbons (Fsp3) is 0.300. The van der Waals surface area contributed by atoms with Gasteiger partial charge in [0.15, 0.2) is 0 Å². The maximum Gasteiger partial charge on any atom is 0.304 e. The van der Waals surface area contributed by atoms with E-state index in [1.165, 1.54) is 0 Å². The van der Waals surface area contributed by atoms with Gasteiger partial charge in [0.05, 0.1) is 11.9 Å². The molecule has 0 aliphatic carbocycles. The highest BCUT2D eigenvalue weighted by atomic mass is 35.5. The van der Waals surface area contributed by atoms with Crippen molar-refractivity contribution in [3.8, 4) is 0 Å². The lowest BCUT2D eigenvalue weighted by molar-refractivity contribution is -0.137. The Bertz CT molecular complexity index is 514. The highest BCUT2D eigenvalue weighted by Crippen LogP contribution is 2.20. The Hall–Kier alpha value is -0.770. The van der Waals surface area contributed by atoms with Gasteiger partial charge in [-0.25, -0.2) is 0 Å². The molecule has 1 aromatic carbocycles.